The number of H-pyrrole nitrogens is 1. The van der Waals surface area contributed by atoms with Crippen molar-refractivity contribution < 1.29 is 14.4 Å². The van der Waals surface area contributed by atoms with Gasteiger partial charge in [0.2, 0.25) is 5.91 Å². The molecule has 2 unspecified atom stereocenters. The zero-order chi connectivity index (χ0) is 23.8. The average Bonchev–Trinajstić information content (AvgIpc) is 3.35. The molecule has 1 aromatic heterocycles. The Kier molecular flexibility index (Phi) is 5.86. The van der Waals surface area contributed by atoms with Crippen LogP contribution in [0.25, 0.3) is 10.9 Å². The topological polar surface area (TPSA) is 94.3 Å². The molecule has 0 spiro atoms. The molecule has 2 heterocycles. The molecule has 7 heteroatoms. The maximum absolute atomic E-state index is 12.9. The number of hydrogen-bond acceptors (Lipinski definition) is 3. The Morgan fingerprint density at radius 3 is 2.65 bits per heavy atom. The predicted molar refractivity (Wildman–Crippen MR) is 132 cm³/mol. The summed E-state index contributed by atoms with van der Waals surface area (Å²) in [5.41, 5.74) is 5.15. The van der Waals surface area contributed by atoms with Gasteiger partial charge in [0.15, 0.2) is 0 Å². The van der Waals surface area contributed by atoms with Crippen LogP contribution in [0.2, 0.25) is 0 Å². The van der Waals surface area contributed by atoms with Crippen molar-refractivity contribution in [2.24, 2.45) is 0 Å². The fourth-order valence-corrected chi connectivity index (χ4v) is 5.08. The molecule has 2 aliphatic rings. The Labute approximate surface area is 198 Å². The first-order valence-electron chi connectivity index (χ1n) is 12.1. The number of carbonyl (C=O) groups is 3. The molecule has 0 saturated carbocycles. The second-order valence-electron chi connectivity index (χ2n) is 9.54. The summed E-state index contributed by atoms with van der Waals surface area (Å²) in [6.45, 7) is 4.19. The number of hydrogen-bond donors (Lipinski definition) is 3. The second kappa shape index (κ2) is 8.97. The highest BCUT2D eigenvalue weighted by Gasteiger charge is 2.39. The summed E-state index contributed by atoms with van der Waals surface area (Å²) in [6, 6.07) is 14.5. The number of aromatic amines is 1. The van der Waals surface area contributed by atoms with Crippen molar-refractivity contribution in [3.8, 4) is 0 Å². The lowest BCUT2D eigenvalue weighted by Gasteiger charge is -2.24. The molecule has 0 bridgehead atoms. The van der Waals surface area contributed by atoms with Crippen molar-refractivity contribution in [1.29, 1.82) is 0 Å². The van der Waals surface area contributed by atoms with Crippen molar-refractivity contribution in [3.63, 3.8) is 0 Å². The number of amides is 4. The van der Waals surface area contributed by atoms with E-state index in [1.54, 1.807) is 12.1 Å². The molecule has 34 heavy (non-hydrogen) atoms. The van der Waals surface area contributed by atoms with Crippen LogP contribution in [0.3, 0.4) is 0 Å². The Morgan fingerprint density at radius 1 is 1.12 bits per heavy atom. The number of urea groups is 1. The van der Waals surface area contributed by atoms with Crippen molar-refractivity contribution in [3.05, 3.63) is 65.4 Å². The second-order valence-corrected chi connectivity index (χ2v) is 9.54. The monoisotopic (exact) mass is 458 g/mol. The van der Waals surface area contributed by atoms with E-state index in [-0.39, 0.29) is 30.7 Å². The Morgan fingerprint density at radius 2 is 1.88 bits per heavy atom. The average molecular weight is 459 g/mol. The summed E-state index contributed by atoms with van der Waals surface area (Å²) < 4.78 is 0. The molecule has 4 amide bonds. The molecule has 1 aliphatic heterocycles. The number of nitrogens with one attached hydrogen (secondary N) is 3. The lowest BCUT2D eigenvalue weighted by atomic mass is 9.91. The van der Waals surface area contributed by atoms with Crippen LogP contribution in [-0.2, 0) is 16.0 Å². The van der Waals surface area contributed by atoms with Crippen molar-refractivity contribution >= 4 is 34.4 Å². The summed E-state index contributed by atoms with van der Waals surface area (Å²) in [6.07, 6.45) is 3.33. The van der Waals surface area contributed by atoms with Gasteiger partial charge in [-0.3, -0.25) is 9.59 Å². The number of aryl methyl sites for hydroxylation is 1. The fraction of sp³-hybridized carbons (Fsp3) is 0.370. The maximum atomic E-state index is 12.9. The summed E-state index contributed by atoms with van der Waals surface area (Å²) in [4.78, 5) is 42.8. The first kappa shape index (κ1) is 22.2. The Bertz CT molecular complexity index is 1240. The van der Waals surface area contributed by atoms with Gasteiger partial charge in [-0.05, 0) is 60.9 Å². The van der Waals surface area contributed by atoms with Crippen molar-refractivity contribution in [2.75, 3.05) is 4.90 Å². The van der Waals surface area contributed by atoms with Gasteiger partial charge >= 0.3 is 6.03 Å². The van der Waals surface area contributed by atoms with E-state index in [9.17, 15) is 14.4 Å². The van der Waals surface area contributed by atoms with Crippen molar-refractivity contribution in [1.82, 2.24) is 15.6 Å². The molecule has 2 aromatic carbocycles. The number of para-hydroxylation sites is 1. The highest BCUT2D eigenvalue weighted by molar-refractivity contribution is 6.21. The van der Waals surface area contributed by atoms with E-state index in [0.717, 1.165) is 36.0 Å². The number of rotatable bonds is 6. The minimum absolute atomic E-state index is 0.0616. The standard InChI is InChI=1S/C27H30N4O3/c1-16(2)17-10-12-18(13-11-17)31-26(33)23(30-27(31)34)14-15-24(32)28-22-9-5-7-20-19-6-3-4-8-21(19)29-25(20)22/h3-4,6,8,10-13,16,22-23,29H,5,7,9,14-15H2,1-2H3,(H,28,32)(H,30,34). The molecule has 1 fully saturated rings. The van der Waals surface area contributed by atoms with Crippen LogP contribution in [0.4, 0.5) is 10.5 Å². The number of imide groups is 1. The molecule has 176 valence electrons. The molecule has 2 atom stereocenters. The Balaban J connectivity index is 1.21. The SMILES string of the molecule is CC(C)c1ccc(N2C(=O)NC(CCC(=O)NC3CCCc4c3[nH]c3ccccc43)C2=O)cc1. The van der Waals surface area contributed by atoms with Gasteiger partial charge in [0, 0.05) is 23.0 Å². The lowest BCUT2D eigenvalue weighted by molar-refractivity contribution is -0.122. The minimum Gasteiger partial charge on any atom is -0.356 e. The summed E-state index contributed by atoms with van der Waals surface area (Å²) in [7, 11) is 0. The van der Waals surface area contributed by atoms with E-state index in [1.165, 1.54) is 15.8 Å². The minimum atomic E-state index is -0.696. The highest BCUT2D eigenvalue weighted by Crippen LogP contribution is 2.34. The maximum Gasteiger partial charge on any atom is 0.329 e. The van der Waals surface area contributed by atoms with Gasteiger partial charge in [-0.1, -0.05) is 44.2 Å². The lowest BCUT2D eigenvalue weighted by Crippen LogP contribution is -2.34. The van der Waals surface area contributed by atoms with E-state index < -0.39 is 12.1 Å². The molecule has 1 saturated heterocycles. The third-order valence-corrected chi connectivity index (χ3v) is 6.95. The number of anilines is 1. The molecule has 0 radical (unpaired) electrons. The summed E-state index contributed by atoms with van der Waals surface area (Å²) in [5, 5.41) is 7.09. The number of benzene rings is 2. The molecular formula is C27H30N4O3. The predicted octanol–water partition coefficient (Wildman–Crippen LogP) is 4.69. The van der Waals surface area contributed by atoms with Gasteiger partial charge in [0.1, 0.15) is 6.04 Å². The zero-order valence-electron chi connectivity index (χ0n) is 19.6. The Hall–Kier alpha value is -3.61. The molecule has 3 aromatic rings. The molecule has 5 rings (SSSR count). The number of nitrogens with zero attached hydrogens (tertiary/aromatic N) is 1. The highest BCUT2D eigenvalue weighted by atomic mass is 16.2. The molecular weight excluding hydrogens is 428 g/mol. The normalized spacial score (nSPS) is 20.0. The van der Waals surface area contributed by atoms with Crippen LogP contribution in [-0.4, -0.2) is 28.9 Å². The summed E-state index contributed by atoms with van der Waals surface area (Å²) >= 11 is 0. The fourth-order valence-electron chi connectivity index (χ4n) is 5.08. The quantitative estimate of drug-likeness (QED) is 0.468. The third-order valence-electron chi connectivity index (χ3n) is 6.95. The first-order valence-corrected chi connectivity index (χ1v) is 12.1. The number of fused-ring (bicyclic) bond motifs is 3. The summed E-state index contributed by atoms with van der Waals surface area (Å²) in [5.74, 6) is -0.0584. The van der Waals surface area contributed by atoms with Gasteiger partial charge in [-0.25, -0.2) is 9.69 Å². The van der Waals surface area contributed by atoms with Crippen LogP contribution in [0.5, 0.6) is 0 Å². The van der Waals surface area contributed by atoms with Gasteiger partial charge in [-0.2, -0.15) is 0 Å². The zero-order valence-corrected chi connectivity index (χ0v) is 19.6. The molecule has 7 nitrogen and oxygen atoms in total. The van der Waals surface area contributed by atoms with E-state index in [2.05, 4.69) is 41.6 Å². The third kappa shape index (κ3) is 4.06. The van der Waals surface area contributed by atoms with Gasteiger partial charge in [0.05, 0.1) is 11.7 Å². The van der Waals surface area contributed by atoms with Crippen LogP contribution in [0.15, 0.2) is 48.5 Å². The molecule has 3 N–H and O–H groups in total. The van der Waals surface area contributed by atoms with E-state index in [1.807, 2.05) is 24.3 Å². The van der Waals surface area contributed by atoms with Gasteiger partial charge < -0.3 is 15.6 Å². The van der Waals surface area contributed by atoms with Crippen LogP contribution in [0.1, 0.15) is 68.3 Å². The number of aromatic nitrogens is 1. The smallest absolute Gasteiger partial charge is 0.329 e. The molecule has 1 aliphatic carbocycles. The van der Waals surface area contributed by atoms with E-state index >= 15 is 0 Å². The van der Waals surface area contributed by atoms with Crippen LogP contribution >= 0.6 is 0 Å². The van der Waals surface area contributed by atoms with Gasteiger partial charge in [-0.15, -0.1) is 0 Å². The largest absolute Gasteiger partial charge is 0.356 e. The van der Waals surface area contributed by atoms with Crippen LogP contribution in [0, 0.1) is 0 Å². The van der Waals surface area contributed by atoms with Crippen LogP contribution < -0.4 is 15.5 Å². The van der Waals surface area contributed by atoms with Gasteiger partial charge in [0.25, 0.3) is 5.91 Å². The number of carbonyl (C=O) groups excluding carboxylic acids is 3. The first-order chi connectivity index (χ1) is 16.4. The van der Waals surface area contributed by atoms with E-state index in [4.69, 9.17) is 0 Å². The van der Waals surface area contributed by atoms with E-state index in [0.29, 0.717) is 11.6 Å². The van der Waals surface area contributed by atoms with Crippen molar-refractivity contribution in [2.45, 2.75) is 64.0 Å².